The van der Waals surface area contributed by atoms with Gasteiger partial charge in [0.1, 0.15) is 5.82 Å². The molecular weight excluding hydrogens is 241 g/mol. The molecular formula is C16H16FNO. The molecule has 98 valence electrons. The Morgan fingerprint density at radius 1 is 1.16 bits per heavy atom. The van der Waals surface area contributed by atoms with Crippen LogP contribution in [0.3, 0.4) is 0 Å². The number of carbonyl (C=O) groups is 1. The average Bonchev–Trinajstić information content (AvgIpc) is 2.41. The van der Waals surface area contributed by atoms with E-state index in [-0.39, 0.29) is 18.0 Å². The Bertz CT molecular complexity index is 590. The Morgan fingerprint density at radius 2 is 1.84 bits per heavy atom. The third-order valence-electron chi connectivity index (χ3n) is 3.02. The first kappa shape index (κ1) is 13.3. The molecule has 2 nitrogen and oxygen atoms in total. The van der Waals surface area contributed by atoms with Gasteiger partial charge in [-0.25, -0.2) is 4.39 Å². The van der Waals surface area contributed by atoms with Gasteiger partial charge in [-0.05, 0) is 36.8 Å². The summed E-state index contributed by atoms with van der Waals surface area (Å²) in [6, 6.07) is 11.8. The highest BCUT2D eigenvalue weighted by Crippen LogP contribution is 2.19. The smallest absolute Gasteiger partial charge is 0.169 e. The highest BCUT2D eigenvalue weighted by atomic mass is 19.1. The molecule has 0 saturated carbocycles. The molecule has 0 heterocycles. The van der Waals surface area contributed by atoms with E-state index in [0.29, 0.717) is 5.56 Å². The van der Waals surface area contributed by atoms with Gasteiger partial charge in [-0.15, -0.1) is 0 Å². The number of hydrogen-bond acceptors (Lipinski definition) is 2. The maximum Gasteiger partial charge on any atom is 0.169 e. The van der Waals surface area contributed by atoms with Gasteiger partial charge in [0.05, 0.1) is 0 Å². The largest absolute Gasteiger partial charge is 0.388 e. The summed E-state index contributed by atoms with van der Waals surface area (Å²) in [5, 5.41) is 3.02. The molecule has 0 radical (unpaired) electrons. The van der Waals surface area contributed by atoms with Crippen molar-refractivity contribution in [2.75, 3.05) is 12.4 Å². The second-order valence-corrected chi connectivity index (χ2v) is 4.53. The number of carbonyl (C=O) groups excluding carboxylic acids is 1. The molecule has 0 aliphatic rings. The molecule has 19 heavy (non-hydrogen) atoms. The van der Waals surface area contributed by atoms with E-state index in [4.69, 9.17) is 0 Å². The number of Topliss-reactive ketones (excluding diaryl/α,β-unsaturated/α-hetero) is 1. The van der Waals surface area contributed by atoms with Crippen LogP contribution < -0.4 is 5.32 Å². The van der Waals surface area contributed by atoms with Gasteiger partial charge in [-0.3, -0.25) is 4.79 Å². The summed E-state index contributed by atoms with van der Waals surface area (Å²) >= 11 is 0. The molecule has 2 aromatic carbocycles. The summed E-state index contributed by atoms with van der Waals surface area (Å²) in [4.78, 5) is 12.3. The maximum atomic E-state index is 12.8. The van der Waals surface area contributed by atoms with Gasteiger partial charge in [0.15, 0.2) is 5.78 Å². The van der Waals surface area contributed by atoms with Gasteiger partial charge in [0.2, 0.25) is 0 Å². The topological polar surface area (TPSA) is 29.1 Å². The molecule has 0 amide bonds. The number of halogens is 1. The molecule has 0 aromatic heterocycles. The minimum Gasteiger partial charge on any atom is -0.388 e. The molecule has 0 spiro atoms. The molecule has 0 fully saturated rings. The van der Waals surface area contributed by atoms with Gasteiger partial charge in [-0.2, -0.15) is 0 Å². The molecule has 0 aliphatic heterocycles. The standard InChI is InChI=1S/C16H16FNO/c1-11-3-8-15(18-2)14(9-11)16(19)10-12-4-6-13(17)7-5-12/h3-9,18H,10H2,1-2H3. The summed E-state index contributed by atoms with van der Waals surface area (Å²) in [6.07, 6.45) is 0.276. The average molecular weight is 257 g/mol. The number of hydrogen-bond donors (Lipinski definition) is 1. The number of ketones is 1. The lowest BCUT2D eigenvalue weighted by Gasteiger charge is -2.09. The fraction of sp³-hybridized carbons (Fsp3) is 0.188. The normalized spacial score (nSPS) is 10.3. The zero-order valence-electron chi connectivity index (χ0n) is 11.0. The lowest BCUT2D eigenvalue weighted by atomic mass is 10.00. The number of nitrogens with one attached hydrogen (secondary N) is 1. The van der Waals surface area contributed by atoms with E-state index in [0.717, 1.165) is 16.8 Å². The van der Waals surface area contributed by atoms with Crippen molar-refractivity contribution in [3.05, 3.63) is 65.0 Å². The summed E-state index contributed by atoms with van der Waals surface area (Å²) in [5.74, 6) is -0.262. The van der Waals surface area contributed by atoms with Crippen LogP contribution in [0.4, 0.5) is 10.1 Å². The van der Waals surface area contributed by atoms with Crippen molar-refractivity contribution in [1.29, 1.82) is 0 Å². The molecule has 3 heteroatoms. The van der Waals surface area contributed by atoms with Crippen molar-refractivity contribution in [1.82, 2.24) is 0 Å². The third-order valence-corrected chi connectivity index (χ3v) is 3.02. The van der Waals surface area contributed by atoms with Crippen LogP contribution >= 0.6 is 0 Å². The number of benzene rings is 2. The number of aryl methyl sites for hydroxylation is 1. The second kappa shape index (κ2) is 5.65. The van der Waals surface area contributed by atoms with Crippen LogP contribution in [-0.4, -0.2) is 12.8 Å². The number of anilines is 1. The quantitative estimate of drug-likeness (QED) is 0.848. The molecule has 0 atom stereocenters. The first-order chi connectivity index (χ1) is 9.10. The Balaban J connectivity index is 2.24. The van der Waals surface area contributed by atoms with Crippen molar-refractivity contribution >= 4 is 11.5 Å². The van der Waals surface area contributed by atoms with Crippen LogP contribution in [-0.2, 0) is 6.42 Å². The minimum absolute atomic E-state index is 0.0275. The van der Waals surface area contributed by atoms with Crippen LogP contribution in [0.2, 0.25) is 0 Å². The van der Waals surface area contributed by atoms with E-state index < -0.39 is 0 Å². The van der Waals surface area contributed by atoms with Gasteiger partial charge in [0.25, 0.3) is 0 Å². The minimum atomic E-state index is -0.289. The Labute approximate surface area is 112 Å². The van der Waals surface area contributed by atoms with Crippen molar-refractivity contribution in [2.45, 2.75) is 13.3 Å². The highest BCUT2D eigenvalue weighted by Gasteiger charge is 2.11. The van der Waals surface area contributed by atoms with Gasteiger partial charge in [0, 0.05) is 24.7 Å². The molecule has 0 bridgehead atoms. The van der Waals surface area contributed by atoms with Gasteiger partial charge < -0.3 is 5.32 Å². The van der Waals surface area contributed by atoms with E-state index >= 15 is 0 Å². The van der Waals surface area contributed by atoms with E-state index in [2.05, 4.69) is 5.32 Å². The fourth-order valence-electron chi connectivity index (χ4n) is 1.99. The van der Waals surface area contributed by atoms with Crippen LogP contribution in [0.5, 0.6) is 0 Å². The predicted octanol–water partition coefficient (Wildman–Crippen LogP) is 3.60. The van der Waals surface area contributed by atoms with Gasteiger partial charge >= 0.3 is 0 Å². The summed E-state index contributed by atoms with van der Waals surface area (Å²) in [5.41, 5.74) is 3.35. The molecule has 2 aromatic rings. The Morgan fingerprint density at radius 3 is 2.47 bits per heavy atom. The maximum absolute atomic E-state index is 12.8. The molecule has 0 aliphatic carbocycles. The van der Waals surface area contributed by atoms with Crippen molar-refractivity contribution in [2.24, 2.45) is 0 Å². The SMILES string of the molecule is CNc1ccc(C)cc1C(=O)Cc1ccc(F)cc1. The lowest BCUT2D eigenvalue weighted by molar-refractivity contribution is 0.0993. The molecule has 0 unspecified atom stereocenters. The number of rotatable bonds is 4. The van der Waals surface area contributed by atoms with Crippen LogP contribution in [0.25, 0.3) is 0 Å². The molecule has 1 N–H and O–H groups in total. The van der Waals surface area contributed by atoms with Crippen LogP contribution in [0.1, 0.15) is 21.5 Å². The summed E-state index contributed by atoms with van der Waals surface area (Å²) in [6.45, 7) is 1.95. The van der Waals surface area contributed by atoms with Crippen LogP contribution in [0, 0.1) is 12.7 Å². The van der Waals surface area contributed by atoms with Crippen molar-refractivity contribution in [3.63, 3.8) is 0 Å². The Hall–Kier alpha value is -2.16. The fourth-order valence-corrected chi connectivity index (χ4v) is 1.99. The summed E-state index contributed by atoms with van der Waals surface area (Å²) < 4.78 is 12.8. The van der Waals surface area contributed by atoms with Crippen molar-refractivity contribution < 1.29 is 9.18 Å². The monoisotopic (exact) mass is 257 g/mol. The third kappa shape index (κ3) is 3.19. The van der Waals surface area contributed by atoms with Crippen molar-refractivity contribution in [3.8, 4) is 0 Å². The summed E-state index contributed by atoms with van der Waals surface area (Å²) in [7, 11) is 1.79. The van der Waals surface area contributed by atoms with E-state index in [9.17, 15) is 9.18 Å². The first-order valence-corrected chi connectivity index (χ1v) is 6.16. The predicted molar refractivity (Wildman–Crippen MR) is 75.2 cm³/mol. The van der Waals surface area contributed by atoms with Crippen LogP contribution in [0.15, 0.2) is 42.5 Å². The van der Waals surface area contributed by atoms with Gasteiger partial charge in [-0.1, -0.05) is 23.8 Å². The van der Waals surface area contributed by atoms with E-state index in [1.807, 2.05) is 25.1 Å². The highest BCUT2D eigenvalue weighted by molar-refractivity contribution is 6.02. The van der Waals surface area contributed by atoms with E-state index in [1.54, 1.807) is 19.2 Å². The first-order valence-electron chi connectivity index (χ1n) is 6.16. The zero-order chi connectivity index (χ0) is 13.8. The Kier molecular flexibility index (Phi) is 3.95. The zero-order valence-corrected chi connectivity index (χ0v) is 11.0. The van der Waals surface area contributed by atoms with E-state index in [1.165, 1.54) is 12.1 Å². The molecule has 2 rings (SSSR count). The second-order valence-electron chi connectivity index (χ2n) is 4.53. The lowest BCUT2D eigenvalue weighted by Crippen LogP contribution is -2.07. The molecule has 0 saturated heterocycles.